The fourth-order valence-electron chi connectivity index (χ4n) is 1.40. The molecule has 0 aliphatic carbocycles. The van der Waals surface area contributed by atoms with Crippen molar-refractivity contribution in [3.05, 3.63) is 0 Å². The van der Waals surface area contributed by atoms with Gasteiger partial charge in [0.1, 0.15) is 0 Å². The Kier molecular flexibility index (Phi) is 2.34. The van der Waals surface area contributed by atoms with Gasteiger partial charge in [-0.1, -0.05) is 13.8 Å². The molecule has 0 N–H and O–H groups in total. The molecule has 10 heavy (non-hydrogen) atoms. The van der Waals surface area contributed by atoms with Crippen molar-refractivity contribution in [1.82, 2.24) is 0 Å². The number of ether oxygens (including phenoxy) is 1. The Hall–Kier alpha value is -0.480. The topological polar surface area (TPSA) is 9.23 Å². The van der Waals surface area contributed by atoms with Gasteiger partial charge < -0.3 is 4.74 Å². The largest absolute Gasteiger partial charge is 0.380 e. The average molecular weight is 138 g/mol. The Bertz CT molecular complexity index is 143. The second-order valence-corrected chi connectivity index (χ2v) is 3.22. The lowest BCUT2D eigenvalue weighted by Crippen LogP contribution is -2.16. The van der Waals surface area contributed by atoms with Gasteiger partial charge in [0.2, 0.25) is 0 Å². The van der Waals surface area contributed by atoms with Crippen LogP contribution in [0.3, 0.4) is 0 Å². The molecular weight excluding hydrogens is 124 g/mol. The highest BCUT2D eigenvalue weighted by atomic mass is 16.5. The molecule has 0 aromatic carbocycles. The zero-order chi connectivity index (χ0) is 7.56. The van der Waals surface area contributed by atoms with Crippen molar-refractivity contribution in [2.75, 3.05) is 13.2 Å². The summed E-state index contributed by atoms with van der Waals surface area (Å²) in [6, 6.07) is 0. The van der Waals surface area contributed by atoms with Crippen LogP contribution in [0.5, 0.6) is 0 Å². The van der Waals surface area contributed by atoms with Gasteiger partial charge in [-0.15, -0.1) is 12.3 Å². The standard InChI is InChI=1S/C9H14O/c1-4-8-5-10-6-9(8)7(2)3/h1,7-9H,5-6H2,2-3H3. The minimum absolute atomic E-state index is 0.361. The van der Waals surface area contributed by atoms with Gasteiger partial charge in [-0.2, -0.15) is 0 Å². The van der Waals surface area contributed by atoms with Gasteiger partial charge in [-0.05, 0) is 5.92 Å². The van der Waals surface area contributed by atoms with E-state index in [1.807, 2.05) is 0 Å². The molecule has 1 heteroatoms. The van der Waals surface area contributed by atoms with Crippen LogP contribution >= 0.6 is 0 Å². The molecule has 56 valence electrons. The molecule has 0 radical (unpaired) electrons. The SMILES string of the molecule is C#CC1COCC1C(C)C. The smallest absolute Gasteiger partial charge is 0.0607 e. The summed E-state index contributed by atoms with van der Waals surface area (Å²) in [6.07, 6.45) is 5.33. The second kappa shape index (κ2) is 3.07. The third kappa shape index (κ3) is 1.33. The average Bonchev–Trinajstić information content (AvgIpc) is 2.33. The number of terminal acetylenes is 1. The van der Waals surface area contributed by atoms with E-state index in [-0.39, 0.29) is 0 Å². The van der Waals surface area contributed by atoms with Crippen LogP contribution in [-0.2, 0) is 4.74 Å². The molecule has 2 atom stereocenters. The molecule has 2 unspecified atom stereocenters. The second-order valence-electron chi connectivity index (χ2n) is 3.22. The predicted octanol–water partition coefficient (Wildman–Crippen LogP) is 1.54. The van der Waals surface area contributed by atoms with Gasteiger partial charge >= 0.3 is 0 Å². The van der Waals surface area contributed by atoms with Crippen molar-refractivity contribution in [3.63, 3.8) is 0 Å². The minimum atomic E-state index is 0.361. The monoisotopic (exact) mass is 138 g/mol. The first-order chi connectivity index (χ1) is 4.75. The highest BCUT2D eigenvalue weighted by Gasteiger charge is 2.28. The quantitative estimate of drug-likeness (QED) is 0.499. The van der Waals surface area contributed by atoms with Crippen LogP contribution in [0, 0.1) is 30.1 Å². The molecule has 1 heterocycles. The van der Waals surface area contributed by atoms with Gasteiger partial charge in [0.25, 0.3) is 0 Å². The molecule has 0 saturated carbocycles. The van der Waals surface area contributed by atoms with E-state index in [9.17, 15) is 0 Å². The molecule has 0 aromatic rings. The normalized spacial score (nSPS) is 32.6. The summed E-state index contributed by atoms with van der Waals surface area (Å²) in [6.45, 7) is 6.01. The van der Waals surface area contributed by atoms with Crippen molar-refractivity contribution in [2.45, 2.75) is 13.8 Å². The molecule has 1 saturated heterocycles. The summed E-state index contributed by atoms with van der Waals surface area (Å²) < 4.78 is 5.28. The van der Waals surface area contributed by atoms with E-state index < -0.39 is 0 Å². The van der Waals surface area contributed by atoms with E-state index in [1.54, 1.807) is 0 Å². The first kappa shape index (κ1) is 7.63. The summed E-state index contributed by atoms with van der Waals surface area (Å²) in [5.74, 6) is 4.38. The Balaban J connectivity index is 2.52. The van der Waals surface area contributed by atoms with E-state index in [0.717, 1.165) is 13.2 Å². The van der Waals surface area contributed by atoms with E-state index in [4.69, 9.17) is 11.2 Å². The third-order valence-corrected chi connectivity index (χ3v) is 2.19. The van der Waals surface area contributed by atoms with E-state index in [2.05, 4.69) is 19.8 Å². The summed E-state index contributed by atoms with van der Waals surface area (Å²) in [5, 5.41) is 0. The molecular formula is C9H14O. The maximum atomic E-state index is 5.33. The lowest BCUT2D eigenvalue weighted by atomic mass is 9.87. The number of rotatable bonds is 1. The van der Waals surface area contributed by atoms with Crippen LogP contribution in [0.2, 0.25) is 0 Å². The highest BCUT2D eigenvalue weighted by Crippen LogP contribution is 2.26. The van der Waals surface area contributed by atoms with Crippen LogP contribution in [0.25, 0.3) is 0 Å². The molecule has 0 aromatic heterocycles. The fourth-order valence-corrected chi connectivity index (χ4v) is 1.40. The lowest BCUT2D eigenvalue weighted by Gasteiger charge is -2.15. The molecule has 0 spiro atoms. The van der Waals surface area contributed by atoms with Crippen molar-refractivity contribution in [3.8, 4) is 12.3 Å². The summed E-state index contributed by atoms with van der Waals surface area (Å²) in [5.41, 5.74) is 0. The molecule has 1 aliphatic heterocycles. The fraction of sp³-hybridized carbons (Fsp3) is 0.778. The van der Waals surface area contributed by atoms with Gasteiger partial charge in [-0.25, -0.2) is 0 Å². The van der Waals surface area contributed by atoms with Crippen LogP contribution in [-0.4, -0.2) is 13.2 Å². The first-order valence-electron chi connectivity index (χ1n) is 3.79. The predicted molar refractivity (Wildman–Crippen MR) is 41.5 cm³/mol. The molecule has 1 aliphatic rings. The van der Waals surface area contributed by atoms with E-state index in [0.29, 0.717) is 17.8 Å². The summed E-state index contributed by atoms with van der Waals surface area (Å²) in [7, 11) is 0. The molecule has 1 rings (SSSR count). The zero-order valence-corrected chi connectivity index (χ0v) is 6.63. The van der Waals surface area contributed by atoms with Crippen molar-refractivity contribution >= 4 is 0 Å². The van der Waals surface area contributed by atoms with Crippen LogP contribution in [0.4, 0.5) is 0 Å². The Morgan fingerprint density at radius 2 is 2.20 bits per heavy atom. The molecule has 0 amide bonds. The Morgan fingerprint density at radius 3 is 2.60 bits per heavy atom. The van der Waals surface area contributed by atoms with Crippen LogP contribution in [0.1, 0.15) is 13.8 Å². The summed E-state index contributed by atoms with van der Waals surface area (Å²) in [4.78, 5) is 0. The van der Waals surface area contributed by atoms with Crippen LogP contribution < -0.4 is 0 Å². The molecule has 0 bridgehead atoms. The van der Waals surface area contributed by atoms with Gasteiger partial charge in [0.15, 0.2) is 0 Å². The Labute approximate surface area is 62.8 Å². The zero-order valence-electron chi connectivity index (χ0n) is 6.63. The maximum Gasteiger partial charge on any atom is 0.0607 e. The van der Waals surface area contributed by atoms with Gasteiger partial charge in [0, 0.05) is 11.8 Å². The lowest BCUT2D eigenvalue weighted by molar-refractivity contribution is 0.176. The summed E-state index contributed by atoms with van der Waals surface area (Å²) >= 11 is 0. The molecule has 1 fully saturated rings. The van der Waals surface area contributed by atoms with Gasteiger partial charge in [0.05, 0.1) is 13.2 Å². The van der Waals surface area contributed by atoms with Crippen molar-refractivity contribution in [2.24, 2.45) is 17.8 Å². The van der Waals surface area contributed by atoms with Crippen LogP contribution in [0.15, 0.2) is 0 Å². The first-order valence-corrected chi connectivity index (χ1v) is 3.79. The third-order valence-electron chi connectivity index (χ3n) is 2.19. The molecule has 1 nitrogen and oxygen atoms in total. The number of hydrogen-bond donors (Lipinski definition) is 0. The van der Waals surface area contributed by atoms with Crippen molar-refractivity contribution < 1.29 is 4.74 Å². The maximum absolute atomic E-state index is 5.33. The number of hydrogen-bond acceptors (Lipinski definition) is 1. The minimum Gasteiger partial charge on any atom is -0.380 e. The Morgan fingerprint density at radius 1 is 1.50 bits per heavy atom. The van der Waals surface area contributed by atoms with E-state index >= 15 is 0 Å². The highest BCUT2D eigenvalue weighted by molar-refractivity contribution is 4.99. The van der Waals surface area contributed by atoms with Gasteiger partial charge in [-0.3, -0.25) is 0 Å². The van der Waals surface area contributed by atoms with Crippen molar-refractivity contribution in [1.29, 1.82) is 0 Å². The van der Waals surface area contributed by atoms with E-state index in [1.165, 1.54) is 0 Å².